The smallest absolute Gasteiger partial charge is 0.220 e. The zero-order chi connectivity index (χ0) is 16.8. The van der Waals surface area contributed by atoms with Gasteiger partial charge in [-0.2, -0.15) is 0 Å². The summed E-state index contributed by atoms with van der Waals surface area (Å²) < 4.78 is 0.342. The predicted molar refractivity (Wildman–Crippen MR) is 101 cm³/mol. The van der Waals surface area contributed by atoms with Crippen LogP contribution in [0.3, 0.4) is 0 Å². The summed E-state index contributed by atoms with van der Waals surface area (Å²) in [6.07, 6.45) is 8.55. The quantitative estimate of drug-likeness (QED) is 0.702. The van der Waals surface area contributed by atoms with Gasteiger partial charge in [-0.05, 0) is 67.3 Å². The van der Waals surface area contributed by atoms with Crippen LogP contribution in [0.15, 0.2) is 30.3 Å². The van der Waals surface area contributed by atoms with Crippen LogP contribution in [0.4, 0.5) is 0 Å². The number of halogens is 1. The van der Waals surface area contributed by atoms with Crippen molar-refractivity contribution >= 4 is 21.8 Å². The van der Waals surface area contributed by atoms with Crippen molar-refractivity contribution in [3.05, 3.63) is 35.9 Å². The van der Waals surface area contributed by atoms with Crippen molar-refractivity contribution in [1.82, 2.24) is 5.32 Å². The SMILES string of the molecule is C[C@H](CNC(=O)CC12C[C@@H]3C[C@@H](CC(Br)(C3)C1)C2)c1ccccc1. The third-order valence-corrected chi connectivity index (χ3v) is 7.55. The van der Waals surface area contributed by atoms with Crippen molar-refractivity contribution in [2.24, 2.45) is 17.3 Å². The molecule has 0 heterocycles. The van der Waals surface area contributed by atoms with Crippen molar-refractivity contribution in [2.75, 3.05) is 6.54 Å². The molecule has 24 heavy (non-hydrogen) atoms. The van der Waals surface area contributed by atoms with Gasteiger partial charge in [-0.1, -0.05) is 53.2 Å². The van der Waals surface area contributed by atoms with Crippen LogP contribution in [0.5, 0.6) is 0 Å². The topological polar surface area (TPSA) is 29.1 Å². The fraction of sp³-hybridized carbons (Fsp3) is 0.667. The molecule has 0 aliphatic heterocycles. The van der Waals surface area contributed by atoms with Crippen LogP contribution in [0.25, 0.3) is 0 Å². The van der Waals surface area contributed by atoms with E-state index in [1.807, 2.05) is 6.07 Å². The van der Waals surface area contributed by atoms with Gasteiger partial charge in [-0.15, -0.1) is 0 Å². The maximum Gasteiger partial charge on any atom is 0.220 e. The molecule has 1 aromatic carbocycles. The molecule has 0 radical (unpaired) electrons. The number of hydrogen-bond donors (Lipinski definition) is 1. The van der Waals surface area contributed by atoms with Gasteiger partial charge in [0.2, 0.25) is 5.91 Å². The molecule has 130 valence electrons. The van der Waals surface area contributed by atoms with Gasteiger partial charge in [0.1, 0.15) is 0 Å². The van der Waals surface area contributed by atoms with E-state index in [9.17, 15) is 4.79 Å². The minimum absolute atomic E-state index is 0.260. The molecular weight excluding hydrogens is 362 g/mol. The fourth-order valence-corrected chi connectivity index (χ4v) is 7.62. The molecule has 4 aliphatic rings. The molecule has 1 aromatic rings. The number of hydrogen-bond acceptors (Lipinski definition) is 1. The number of rotatable bonds is 5. The Morgan fingerprint density at radius 2 is 1.88 bits per heavy atom. The van der Waals surface area contributed by atoms with Crippen LogP contribution in [0, 0.1) is 17.3 Å². The van der Waals surface area contributed by atoms with E-state index in [1.54, 1.807) is 0 Å². The summed E-state index contributed by atoms with van der Waals surface area (Å²) in [5.41, 5.74) is 1.57. The first-order chi connectivity index (χ1) is 11.5. The second-order valence-corrected chi connectivity index (χ2v) is 10.6. The molecule has 1 N–H and O–H groups in total. The second-order valence-electron chi connectivity index (χ2n) is 8.90. The van der Waals surface area contributed by atoms with E-state index in [0.717, 1.165) is 24.8 Å². The lowest BCUT2D eigenvalue weighted by Crippen LogP contribution is -2.54. The summed E-state index contributed by atoms with van der Waals surface area (Å²) in [4.78, 5) is 12.6. The Hall–Kier alpha value is -0.830. The average Bonchev–Trinajstić information content (AvgIpc) is 2.50. The molecule has 1 amide bonds. The Balaban J connectivity index is 1.35. The van der Waals surface area contributed by atoms with E-state index < -0.39 is 0 Å². The summed E-state index contributed by atoms with van der Waals surface area (Å²) in [5.74, 6) is 2.33. The maximum atomic E-state index is 12.6. The van der Waals surface area contributed by atoms with Crippen LogP contribution in [0.1, 0.15) is 63.4 Å². The predicted octanol–water partition coefficient (Wildman–Crippen LogP) is 5.03. The van der Waals surface area contributed by atoms with Crippen LogP contribution in [0.2, 0.25) is 0 Å². The summed E-state index contributed by atoms with van der Waals surface area (Å²) in [5, 5.41) is 3.21. The van der Waals surface area contributed by atoms with Gasteiger partial charge in [0.15, 0.2) is 0 Å². The van der Waals surface area contributed by atoms with Crippen molar-refractivity contribution in [2.45, 2.75) is 62.1 Å². The van der Waals surface area contributed by atoms with Crippen LogP contribution >= 0.6 is 15.9 Å². The third-order valence-electron chi connectivity index (χ3n) is 6.62. The number of amides is 1. The summed E-state index contributed by atoms with van der Waals surface area (Å²) in [7, 11) is 0. The monoisotopic (exact) mass is 389 g/mol. The average molecular weight is 390 g/mol. The molecule has 0 saturated heterocycles. The molecule has 4 saturated carbocycles. The molecule has 5 rings (SSSR count). The van der Waals surface area contributed by atoms with Gasteiger partial charge in [-0.25, -0.2) is 0 Å². The number of carbonyl (C=O) groups is 1. The van der Waals surface area contributed by atoms with E-state index in [2.05, 4.69) is 52.4 Å². The highest BCUT2D eigenvalue weighted by Gasteiger charge is 2.57. The van der Waals surface area contributed by atoms with Crippen LogP contribution < -0.4 is 5.32 Å². The van der Waals surface area contributed by atoms with Gasteiger partial charge >= 0.3 is 0 Å². The number of carbonyl (C=O) groups excluding carboxylic acids is 1. The molecule has 4 aliphatic carbocycles. The lowest BCUT2D eigenvalue weighted by molar-refractivity contribution is -0.128. The Kier molecular flexibility index (Phi) is 4.27. The highest BCUT2D eigenvalue weighted by molar-refractivity contribution is 9.10. The van der Waals surface area contributed by atoms with Gasteiger partial charge in [0.05, 0.1) is 0 Å². The molecule has 2 nitrogen and oxygen atoms in total. The van der Waals surface area contributed by atoms with Crippen molar-refractivity contribution in [3.63, 3.8) is 0 Å². The molecule has 2 unspecified atom stereocenters. The van der Waals surface area contributed by atoms with Crippen molar-refractivity contribution in [1.29, 1.82) is 0 Å². The minimum Gasteiger partial charge on any atom is -0.355 e. The molecule has 5 atom stereocenters. The van der Waals surface area contributed by atoms with Gasteiger partial charge in [0, 0.05) is 17.3 Å². The lowest BCUT2D eigenvalue weighted by Gasteiger charge is -2.60. The van der Waals surface area contributed by atoms with Crippen LogP contribution in [-0.2, 0) is 4.79 Å². The molecular formula is C21H28BrNO. The molecule has 4 bridgehead atoms. The van der Waals surface area contributed by atoms with Crippen molar-refractivity contribution in [3.8, 4) is 0 Å². The summed E-state index contributed by atoms with van der Waals surface area (Å²) in [6.45, 7) is 2.93. The number of alkyl halides is 1. The Morgan fingerprint density at radius 3 is 2.50 bits per heavy atom. The van der Waals surface area contributed by atoms with Gasteiger partial charge in [-0.3, -0.25) is 4.79 Å². The lowest BCUT2D eigenvalue weighted by atomic mass is 9.48. The normalized spacial score (nSPS) is 38.1. The van der Waals surface area contributed by atoms with E-state index >= 15 is 0 Å². The third kappa shape index (κ3) is 3.29. The molecule has 4 fully saturated rings. The standard InChI is InChI=1S/C21H28BrNO/c1-15(18-5-3-2-4-6-18)13-23-19(24)12-20-8-16-7-17(9-20)11-21(22,10-16)14-20/h2-6,15-17H,7-14H2,1H3,(H,23,24)/t15-,16-,17+,20?,21?/m1/s1. The first-order valence-electron chi connectivity index (χ1n) is 9.46. The molecule has 3 heteroatoms. The highest BCUT2D eigenvalue weighted by Crippen LogP contribution is 2.65. The first-order valence-corrected chi connectivity index (χ1v) is 10.3. The second kappa shape index (κ2) is 6.16. The van der Waals surface area contributed by atoms with Crippen LogP contribution in [-0.4, -0.2) is 16.8 Å². The van der Waals surface area contributed by atoms with E-state index in [1.165, 1.54) is 44.1 Å². The van der Waals surface area contributed by atoms with E-state index in [-0.39, 0.29) is 11.3 Å². The zero-order valence-corrected chi connectivity index (χ0v) is 16.1. The van der Waals surface area contributed by atoms with E-state index in [0.29, 0.717) is 10.2 Å². The van der Waals surface area contributed by atoms with Gasteiger partial charge in [0.25, 0.3) is 0 Å². The minimum atomic E-state index is 0.260. The Bertz CT molecular complexity index is 600. The highest BCUT2D eigenvalue weighted by atomic mass is 79.9. The molecule has 0 spiro atoms. The summed E-state index contributed by atoms with van der Waals surface area (Å²) >= 11 is 4.04. The molecule has 0 aromatic heterocycles. The number of benzene rings is 1. The Labute approximate surface area is 153 Å². The van der Waals surface area contributed by atoms with E-state index in [4.69, 9.17) is 0 Å². The maximum absolute atomic E-state index is 12.6. The summed E-state index contributed by atoms with van der Waals surface area (Å²) in [6, 6.07) is 10.5. The Morgan fingerprint density at radius 1 is 1.21 bits per heavy atom. The zero-order valence-electron chi connectivity index (χ0n) is 14.6. The number of nitrogens with one attached hydrogen (secondary N) is 1. The van der Waals surface area contributed by atoms with Crippen molar-refractivity contribution < 1.29 is 4.79 Å². The largest absolute Gasteiger partial charge is 0.355 e. The first kappa shape index (κ1) is 16.6. The van der Waals surface area contributed by atoms with Gasteiger partial charge < -0.3 is 5.32 Å². The fourth-order valence-electron chi connectivity index (χ4n) is 6.11.